The Bertz CT molecular complexity index is 500. The van der Waals surface area contributed by atoms with E-state index in [1.54, 1.807) is 24.4 Å². The molecule has 0 aliphatic rings. The van der Waals surface area contributed by atoms with Crippen molar-refractivity contribution in [1.29, 1.82) is 0 Å². The summed E-state index contributed by atoms with van der Waals surface area (Å²) in [4.78, 5) is 3.76. The number of nitrogen functional groups attached to an aromatic ring is 1. The standard InChI is InChI=1S/C11H8ClFN2/c12-10-4-7(1-2-11(10)14)8-3-9(13)6-15-5-8/h1-6H,14H2. The zero-order valence-corrected chi connectivity index (χ0v) is 8.50. The van der Waals surface area contributed by atoms with Crippen molar-refractivity contribution in [3.05, 3.63) is 47.5 Å². The lowest BCUT2D eigenvalue weighted by molar-refractivity contribution is 0.622. The van der Waals surface area contributed by atoms with Crippen LogP contribution >= 0.6 is 11.6 Å². The van der Waals surface area contributed by atoms with Gasteiger partial charge in [-0.2, -0.15) is 0 Å². The lowest BCUT2D eigenvalue weighted by atomic mass is 10.1. The zero-order valence-electron chi connectivity index (χ0n) is 7.74. The van der Waals surface area contributed by atoms with Crippen LogP contribution in [0.2, 0.25) is 5.02 Å². The number of nitrogens with zero attached hydrogens (tertiary/aromatic N) is 1. The fourth-order valence-electron chi connectivity index (χ4n) is 1.28. The number of nitrogens with two attached hydrogens (primary N) is 1. The maximum Gasteiger partial charge on any atom is 0.142 e. The molecule has 76 valence electrons. The molecule has 0 aliphatic heterocycles. The summed E-state index contributed by atoms with van der Waals surface area (Å²) < 4.78 is 12.9. The Hall–Kier alpha value is -1.61. The van der Waals surface area contributed by atoms with Crippen LogP contribution in [0.15, 0.2) is 36.7 Å². The van der Waals surface area contributed by atoms with Gasteiger partial charge >= 0.3 is 0 Å². The average Bonchev–Trinajstić information content (AvgIpc) is 2.22. The summed E-state index contributed by atoms with van der Waals surface area (Å²) in [6.07, 6.45) is 2.73. The van der Waals surface area contributed by atoms with Gasteiger partial charge in [-0.1, -0.05) is 17.7 Å². The van der Waals surface area contributed by atoms with Gasteiger partial charge in [0.2, 0.25) is 0 Å². The third-order valence-corrected chi connectivity index (χ3v) is 2.37. The van der Waals surface area contributed by atoms with Crippen molar-refractivity contribution in [2.75, 3.05) is 5.73 Å². The van der Waals surface area contributed by atoms with Gasteiger partial charge in [-0.3, -0.25) is 4.98 Å². The van der Waals surface area contributed by atoms with Crippen LogP contribution in [0.3, 0.4) is 0 Å². The van der Waals surface area contributed by atoms with Crippen molar-refractivity contribution < 1.29 is 4.39 Å². The molecule has 0 spiro atoms. The van der Waals surface area contributed by atoms with E-state index in [0.717, 1.165) is 11.8 Å². The van der Waals surface area contributed by atoms with Gasteiger partial charge in [-0.15, -0.1) is 0 Å². The Morgan fingerprint density at radius 1 is 1.13 bits per heavy atom. The quantitative estimate of drug-likeness (QED) is 0.753. The van der Waals surface area contributed by atoms with Crippen LogP contribution < -0.4 is 5.73 Å². The molecule has 0 fully saturated rings. The summed E-state index contributed by atoms with van der Waals surface area (Å²) >= 11 is 5.86. The molecular formula is C11H8ClFN2. The average molecular weight is 223 g/mol. The molecule has 1 aromatic heterocycles. The minimum atomic E-state index is -0.375. The molecular weight excluding hydrogens is 215 g/mol. The second kappa shape index (κ2) is 3.87. The fraction of sp³-hybridized carbons (Fsp3) is 0. The molecule has 2 rings (SSSR count). The van der Waals surface area contributed by atoms with Crippen LogP contribution in [0.4, 0.5) is 10.1 Å². The van der Waals surface area contributed by atoms with Crippen molar-refractivity contribution in [3.63, 3.8) is 0 Å². The largest absolute Gasteiger partial charge is 0.398 e. The molecule has 0 saturated heterocycles. The monoisotopic (exact) mass is 222 g/mol. The van der Waals surface area contributed by atoms with Crippen LogP contribution in [0, 0.1) is 5.82 Å². The lowest BCUT2D eigenvalue weighted by Crippen LogP contribution is -1.87. The highest BCUT2D eigenvalue weighted by Gasteiger charge is 2.02. The van der Waals surface area contributed by atoms with Gasteiger partial charge in [-0.25, -0.2) is 4.39 Å². The van der Waals surface area contributed by atoms with Crippen molar-refractivity contribution in [3.8, 4) is 11.1 Å². The Kier molecular flexibility index (Phi) is 2.56. The molecule has 0 radical (unpaired) electrons. The maximum atomic E-state index is 12.9. The van der Waals surface area contributed by atoms with Gasteiger partial charge in [0.15, 0.2) is 0 Å². The third kappa shape index (κ3) is 2.07. The number of pyridine rings is 1. The second-order valence-electron chi connectivity index (χ2n) is 3.13. The van der Waals surface area contributed by atoms with Gasteiger partial charge in [-0.05, 0) is 23.8 Å². The Morgan fingerprint density at radius 2 is 1.93 bits per heavy atom. The topological polar surface area (TPSA) is 38.9 Å². The molecule has 4 heteroatoms. The molecule has 0 bridgehead atoms. The Balaban J connectivity index is 2.50. The molecule has 1 heterocycles. The first-order chi connectivity index (χ1) is 7.16. The van der Waals surface area contributed by atoms with Crippen molar-refractivity contribution in [2.45, 2.75) is 0 Å². The number of anilines is 1. The van der Waals surface area contributed by atoms with Gasteiger partial charge in [0.05, 0.1) is 16.9 Å². The van der Waals surface area contributed by atoms with E-state index in [4.69, 9.17) is 17.3 Å². The molecule has 2 aromatic rings. The van der Waals surface area contributed by atoms with E-state index < -0.39 is 0 Å². The lowest BCUT2D eigenvalue weighted by Gasteiger charge is -2.03. The summed E-state index contributed by atoms with van der Waals surface area (Å²) in [6, 6.07) is 6.54. The van der Waals surface area contributed by atoms with Crippen LogP contribution in [0.25, 0.3) is 11.1 Å². The van der Waals surface area contributed by atoms with Gasteiger partial charge in [0, 0.05) is 11.8 Å². The molecule has 0 amide bonds. The second-order valence-corrected chi connectivity index (χ2v) is 3.54. The van der Waals surface area contributed by atoms with E-state index in [1.165, 1.54) is 6.07 Å². The molecule has 2 nitrogen and oxygen atoms in total. The smallest absolute Gasteiger partial charge is 0.142 e. The fourth-order valence-corrected chi connectivity index (χ4v) is 1.46. The molecule has 15 heavy (non-hydrogen) atoms. The Labute approximate surface area is 91.5 Å². The highest BCUT2D eigenvalue weighted by atomic mass is 35.5. The number of hydrogen-bond donors (Lipinski definition) is 1. The summed E-state index contributed by atoms with van der Waals surface area (Å²) in [5.41, 5.74) is 7.55. The number of benzene rings is 1. The van der Waals surface area contributed by atoms with Crippen LogP contribution in [-0.2, 0) is 0 Å². The first-order valence-corrected chi connectivity index (χ1v) is 4.70. The zero-order chi connectivity index (χ0) is 10.8. The number of aromatic nitrogens is 1. The number of halogens is 2. The summed E-state index contributed by atoms with van der Waals surface area (Å²) in [5.74, 6) is -0.375. The van der Waals surface area contributed by atoms with E-state index in [0.29, 0.717) is 16.3 Å². The predicted octanol–water partition coefficient (Wildman–Crippen LogP) is 3.12. The highest BCUT2D eigenvalue weighted by molar-refractivity contribution is 6.33. The molecule has 2 N–H and O–H groups in total. The maximum absolute atomic E-state index is 12.9. The summed E-state index contributed by atoms with van der Waals surface area (Å²) in [6.45, 7) is 0. The van der Waals surface area contributed by atoms with Gasteiger partial charge in [0.1, 0.15) is 5.82 Å². The highest BCUT2D eigenvalue weighted by Crippen LogP contribution is 2.26. The minimum absolute atomic E-state index is 0.375. The van der Waals surface area contributed by atoms with E-state index in [-0.39, 0.29) is 5.82 Å². The number of hydrogen-bond acceptors (Lipinski definition) is 2. The normalized spacial score (nSPS) is 10.3. The molecule has 0 unspecified atom stereocenters. The molecule has 0 saturated carbocycles. The SMILES string of the molecule is Nc1ccc(-c2cncc(F)c2)cc1Cl. The van der Waals surface area contributed by atoms with Gasteiger partial charge < -0.3 is 5.73 Å². The number of rotatable bonds is 1. The first-order valence-electron chi connectivity index (χ1n) is 4.33. The van der Waals surface area contributed by atoms with E-state index >= 15 is 0 Å². The van der Waals surface area contributed by atoms with Crippen molar-refractivity contribution in [1.82, 2.24) is 4.98 Å². The van der Waals surface area contributed by atoms with Gasteiger partial charge in [0.25, 0.3) is 0 Å². The van der Waals surface area contributed by atoms with Crippen molar-refractivity contribution >= 4 is 17.3 Å². The Morgan fingerprint density at radius 3 is 2.60 bits per heavy atom. The van der Waals surface area contributed by atoms with Crippen LogP contribution in [-0.4, -0.2) is 4.98 Å². The van der Waals surface area contributed by atoms with Crippen molar-refractivity contribution in [2.24, 2.45) is 0 Å². The molecule has 0 atom stereocenters. The van der Waals surface area contributed by atoms with E-state index in [1.807, 2.05) is 0 Å². The third-order valence-electron chi connectivity index (χ3n) is 2.04. The van der Waals surface area contributed by atoms with E-state index in [2.05, 4.69) is 4.98 Å². The summed E-state index contributed by atoms with van der Waals surface area (Å²) in [5, 5.41) is 0.455. The summed E-state index contributed by atoms with van der Waals surface area (Å²) in [7, 11) is 0. The predicted molar refractivity (Wildman–Crippen MR) is 59.1 cm³/mol. The first kappa shape index (κ1) is 9.93. The molecule has 1 aromatic carbocycles. The van der Waals surface area contributed by atoms with E-state index in [9.17, 15) is 4.39 Å². The minimum Gasteiger partial charge on any atom is -0.398 e. The van der Waals surface area contributed by atoms with Crippen LogP contribution in [0.5, 0.6) is 0 Å². The molecule has 0 aliphatic carbocycles. The van der Waals surface area contributed by atoms with Crippen LogP contribution in [0.1, 0.15) is 0 Å².